The van der Waals surface area contributed by atoms with Crippen molar-refractivity contribution in [1.82, 2.24) is 4.90 Å². The standard InChI is InChI=1S/C20H17Cl2NO2S2/c1-2-9-23-19(24)18(27-20(23)26)10-13-3-7-16(8-4-13)25-12-14-5-6-15(21)11-17(14)22/h3-8,10-11H,2,9,12H2,1H3/b18-10-. The van der Waals surface area contributed by atoms with E-state index in [2.05, 4.69) is 0 Å². The van der Waals surface area contributed by atoms with E-state index >= 15 is 0 Å². The number of carbonyl (C=O) groups excluding carboxylic acids is 1. The molecule has 0 N–H and O–H groups in total. The lowest BCUT2D eigenvalue weighted by Gasteiger charge is -2.11. The highest BCUT2D eigenvalue weighted by atomic mass is 35.5. The fraction of sp³-hybridized carbons (Fsp3) is 0.200. The van der Waals surface area contributed by atoms with Crippen molar-refractivity contribution in [2.75, 3.05) is 6.54 Å². The van der Waals surface area contributed by atoms with Gasteiger partial charge in [0.2, 0.25) is 0 Å². The normalized spacial score (nSPS) is 15.7. The highest BCUT2D eigenvalue weighted by Gasteiger charge is 2.31. The fourth-order valence-corrected chi connectivity index (χ4v) is 4.30. The minimum absolute atomic E-state index is 0.0236. The zero-order chi connectivity index (χ0) is 19.4. The molecule has 0 unspecified atom stereocenters. The topological polar surface area (TPSA) is 29.5 Å². The fourth-order valence-electron chi connectivity index (χ4n) is 2.53. The van der Waals surface area contributed by atoms with Crippen molar-refractivity contribution in [2.24, 2.45) is 0 Å². The van der Waals surface area contributed by atoms with Crippen LogP contribution in [0.25, 0.3) is 6.08 Å². The van der Waals surface area contributed by atoms with Gasteiger partial charge in [0.25, 0.3) is 5.91 Å². The minimum atomic E-state index is -0.0236. The number of nitrogens with zero attached hydrogens (tertiary/aromatic N) is 1. The Bertz CT molecular complexity index is 897. The first kappa shape index (κ1) is 20.2. The Balaban J connectivity index is 1.65. The molecule has 0 bridgehead atoms. The molecule has 3 rings (SSSR count). The first-order valence-corrected chi connectivity index (χ1v) is 10.4. The van der Waals surface area contributed by atoms with E-state index in [9.17, 15) is 4.79 Å². The van der Waals surface area contributed by atoms with Crippen LogP contribution in [0.5, 0.6) is 5.75 Å². The third-order valence-corrected chi connectivity index (χ3v) is 5.87. The number of ether oxygens (including phenoxy) is 1. The first-order chi connectivity index (χ1) is 13.0. The van der Waals surface area contributed by atoms with Crippen LogP contribution in [-0.4, -0.2) is 21.7 Å². The second-order valence-electron chi connectivity index (χ2n) is 5.93. The number of thiocarbonyl (C=S) groups is 1. The van der Waals surface area contributed by atoms with Crippen molar-refractivity contribution >= 4 is 63.5 Å². The van der Waals surface area contributed by atoms with Crippen molar-refractivity contribution in [3.8, 4) is 5.75 Å². The van der Waals surface area contributed by atoms with Crippen molar-refractivity contribution in [1.29, 1.82) is 0 Å². The molecule has 1 saturated heterocycles. The molecule has 3 nitrogen and oxygen atoms in total. The van der Waals surface area contributed by atoms with Crippen molar-refractivity contribution in [3.05, 3.63) is 68.5 Å². The van der Waals surface area contributed by atoms with Crippen LogP contribution in [0.3, 0.4) is 0 Å². The van der Waals surface area contributed by atoms with Gasteiger partial charge in [-0.15, -0.1) is 0 Å². The minimum Gasteiger partial charge on any atom is -0.489 e. The van der Waals surface area contributed by atoms with E-state index in [1.807, 2.05) is 43.3 Å². The van der Waals surface area contributed by atoms with E-state index < -0.39 is 0 Å². The molecule has 7 heteroatoms. The van der Waals surface area contributed by atoms with Gasteiger partial charge >= 0.3 is 0 Å². The first-order valence-electron chi connectivity index (χ1n) is 8.40. The van der Waals surface area contributed by atoms with Gasteiger partial charge in [-0.1, -0.05) is 72.3 Å². The Morgan fingerprint density at radius 2 is 1.93 bits per heavy atom. The SMILES string of the molecule is CCCN1C(=O)/C(=C/c2ccc(OCc3ccc(Cl)cc3Cl)cc2)SC1=S. The number of hydrogen-bond acceptors (Lipinski definition) is 4. The molecule has 1 aliphatic heterocycles. The van der Waals surface area contributed by atoms with Crippen LogP contribution >= 0.6 is 47.2 Å². The van der Waals surface area contributed by atoms with E-state index in [0.29, 0.717) is 32.4 Å². The van der Waals surface area contributed by atoms with Crippen LogP contribution < -0.4 is 4.74 Å². The number of hydrogen-bond donors (Lipinski definition) is 0. The summed E-state index contributed by atoms with van der Waals surface area (Å²) in [6.07, 6.45) is 2.73. The molecule has 0 radical (unpaired) electrons. The predicted molar refractivity (Wildman–Crippen MR) is 117 cm³/mol. The number of amides is 1. The number of halogens is 2. The quantitative estimate of drug-likeness (QED) is 0.398. The summed E-state index contributed by atoms with van der Waals surface area (Å²) in [6.45, 7) is 3.03. The number of benzene rings is 2. The summed E-state index contributed by atoms with van der Waals surface area (Å²) < 4.78 is 6.39. The molecule has 1 heterocycles. The lowest BCUT2D eigenvalue weighted by atomic mass is 10.2. The maximum atomic E-state index is 12.4. The van der Waals surface area contributed by atoms with Gasteiger partial charge in [-0.3, -0.25) is 9.69 Å². The largest absolute Gasteiger partial charge is 0.489 e. The van der Waals surface area contributed by atoms with Gasteiger partial charge in [-0.05, 0) is 42.3 Å². The van der Waals surface area contributed by atoms with Crippen LogP contribution in [0.2, 0.25) is 10.0 Å². The molecular formula is C20H17Cl2NO2S2. The number of thioether (sulfide) groups is 1. The van der Waals surface area contributed by atoms with Crippen molar-refractivity contribution < 1.29 is 9.53 Å². The zero-order valence-corrected chi connectivity index (χ0v) is 17.7. The van der Waals surface area contributed by atoms with E-state index in [-0.39, 0.29) is 5.91 Å². The summed E-state index contributed by atoms with van der Waals surface area (Å²) in [7, 11) is 0. The van der Waals surface area contributed by atoms with E-state index in [1.54, 1.807) is 17.0 Å². The van der Waals surface area contributed by atoms with Gasteiger partial charge in [0.05, 0.1) is 4.91 Å². The molecule has 1 fully saturated rings. The van der Waals surface area contributed by atoms with Gasteiger partial charge in [-0.2, -0.15) is 0 Å². The molecule has 0 saturated carbocycles. The van der Waals surface area contributed by atoms with Crippen LogP contribution in [0.1, 0.15) is 24.5 Å². The lowest BCUT2D eigenvalue weighted by Crippen LogP contribution is -2.28. The Morgan fingerprint density at radius 3 is 2.59 bits per heavy atom. The second-order valence-corrected chi connectivity index (χ2v) is 8.45. The van der Waals surface area contributed by atoms with Crippen molar-refractivity contribution in [3.63, 3.8) is 0 Å². The highest BCUT2D eigenvalue weighted by molar-refractivity contribution is 8.26. The van der Waals surface area contributed by atoms with Gasteiger partial charge in [0, 0.05) is 22.2 Å². The molecule has 1 aliphatic rings. The molecule has 0 aromatic heterocycles. The Labute approximate surface area is 178 Å². The Morgan fingerprint density at radius 1 is 1.19 bits per heavy atom. The van der Waals surface area contributed by atoms with Gasteiger partial charge < -0.3 is 4.74 Å². The summed E-state index contributed by atoms with van der Waals surface area (Å²) in [6, 6.07) is 12.9. The highest BCUT2D eigenvalue weighted by Crippen LogP contribution is 2.33. The molecule has 0 aliphatic carbocycles. The molecule has 0 spiro atoms. The van der Waals surface area contributed by atoms with Crippen LogP contribution in [-0.2, 0) is 11.4 Å². The van der Waals surface area contributed by atoms with Gasteiger partial charge in [-0.25, -0.2) is 0 Å². The molecule has 0 atom stereocenters. The monoisotopic (exact) mass is 437 g/mol. The average molecular weight is 438 g/mol. The van der Waals surface area contributed by atoms with Gasteiger partial charge in [0.15, 0.2) is 0 Å². The molecule has 1 amide bonds. The van der Waals surface area contributed by atoms with E-state index in [0.717, 1.165) is 23.3 Å². The third-order valence-electron chi connectivity index (χ3n) is 3.91. The lowest BCUT2D eigenvalue weighted by molar-refractivity contribution is -0.122. The predicted octanol–water partition coefficient (Wildman–Crippen LogP) is 6.18. The zero-order valence-electron chi connectivity index (χ0n) is 14.6. The summed E-state index contributed by atoms with van der Waals surface area (Å²) in [4.78, 5) is 14.7. The van der Waals surface area contributed by atoms with Crippen LogP contribution in [0, 0.1) is 0 Å². The number of rotatable bonds is 6. The summed E-state index contributed by atoms with van der Waals surface area (Å²) in [5.41, 5.74) is 1.79. The maximum Gasteiger partial charge on any atom is 0.266 e. The summed E-state index contributed by atoms with van der Waals surface area (Å²) >= 11 is 18.7. The van der Waals surface area contributed by atoms with Gasteiger partial charge in [0.1, 0.15) is 16.7 Å². The maximum absolute atomic E-state index is 12.4. The second kappa shape index (κ2) is 9.11. The van der Waals surface area contributed by atoms with Crippen molar-refractivity contribution in [2.45, 2.75) is 20.0 Å². The number of carbonyl (C=O) groups is 1. The molecule has 2 aromatic carbocycles. The van der Waals surface area contributed by atoms with Crippen LogP contribution in [0.4, 0.5) is 0 Å². The molecule has 27 heavy (non-hydrogen) atoms. The molecular weight excluding hydrogens is 421 g/mol. The Kier molecular flexibility index (Phi) is 6.82. The van der Waals surface area contributed by atoms with E-state index in [1.165, 1.54) is 11.8 Å². The average Bonchev–Trinajstić information content (AvgIpc) is 2.90. The smallest absolute Gasteiger partial charge is 0.266 e. The third kappa shape index (κ3) is 5.05. The van der Waals surface area contributed by atoms with Crippen LogP contribution in [0.15, 0.2) is 47.4 Å². The summed E-state index contributed by atoms with van der Waals surface area (Å²) in [5, 5.41) is 1.17. The Hall–Kier alpha value is -1.53. The molecule has 140 valence electrons. The van der Waals surface area contributed by atoms with E-state index in [4.69, 9.17) is 40.2 Å². The summed E-state index contributed by atoms with van der Waals surface area (Å²) in [5.74, 6) is 0.696. The molecule has 2 aromatic rings.